The summed E-state index contributed by atoms with van der Waals surface area (Å²) < 4.78 is 5.40. The van der Waals surface area contributed by atoms with Gasteiger partial charge in [-0.05, 0) is 44.2 Å². The van der Waals surface area contributed by atoms with Crippen LogP contribution in [0.25, 0.3) is 0 Å². The topological polar surface area (TPSA) is 83.0 Å². The Hall–Kier alpha value is -2.07. The van der Waals surface area contributed by atoms with Crippen LogP contribution < -0.4 is 0 Å². The van der Waals surface area contributed by atoms with E-state index in [1.54, 1.807) is 11.8 Å². The van der Waals surface area contributed by atoms with E-state index in [2.05, 4.69) is 9.88 Å². The van der Waals surface area contributed by atoms with Gasteiger partial charge in [-0.1, -0.05) is 0 Å². The van der Waals surface area contributed by atoms with Crippen LogP contribution in [0.2, 0.25) is 0 Å². The van der Waals surface area contributed by atoms with Crippen LogP contribution in [0.1, 0.15) is 43.3 Å². The Labute approximate surface area is 190 Å². The minimum Gasteiger partial charge on any atom is -0.503 e. The second-order valence-electron chi connectivity index (χ2n) is 7.92. The van der Waals surface area contributed by atoms with Crippen molar-refractivity contribution in [1.29, 1.82) is 0 Å². The molecule has 2 aromatic rings. The molecule has 0 saturated carbocycles. The average Bonchev–Trinajstić information content (AvgIpc) is 3.39. The molecule has 2 aliphatic rings. The molecule has 0 bridgehead atoms. The molecule has 2 aromatic heterocycles. The van der Waals surface area contributed by atoms with E-state index >= 15 is 0 Å². The summed E-state index contributed by atoms with van der Waals surface area (Å²) in [6, 6.07) is 1.42. The number of ether oxygens (including phenoxy) is 1. The molecule has 1 atom stereocenters. The quantitative estimate of drug-likeness (QED) is 0.636. The summed E-state index contributed by atoms with van der Waals surface area (Å²) in [6.45, 7) is 10.2. The Morgan fingerprint density at radius 2 is 2.00 bits per heavy atom. The van der Waals surface area contributed by atoms with Gasteiger partial charge in [0.05, 0.1) is 40.4 Å². The normalized spacial score (nSPS) is 20.2. The van der Waals surface area contributed by atoms with Crippen molar-refractivity contribution >= 4 is 34.4 Å². The molecule has 1 unspecified atom stereocenters. The maximum atomic E-state index is 13.5. The van der Waals surface area contributed by atoms with Crippen LogP contribution in [0.4, 0.5) is 0 Å². The molecule has 4 heterocycles. The van der Waals surface area contributed by atoms with E-state index in [9.17, 15) is 14.7 Å². The van der Waals surface area contributed by atoms with Gasteiger partial charge < -0.3 is 14.7 Å². The summed E-state index contributed by atoms with van der Waals surface area (Å²) in [5.74, 6) is -1.20. The minimum absolute atomic E-state index is 0.175. The van der Waals surface area contributed by atoms with Gasteiger partial charge in [-0.15, -0.1) is 22.7 Å². The number of morpholine rings is 1. The third-order valence-electron chi connectivity index (χ3n) is 5.79. The van der Waals surface area contributed by atoms with Crippen LogP contribution in [0, 0.1) is 20.8 Å². The van der Waals surface area contributed by atoms with Gasteiger partial charge >= 0.3 is 0 Å². The van der Waals surface area contributed by atoms with Crippen LogP contribution in [0.3, 0.4) is 0 Å². The third-order valence-corrected chi connectivity index (χ3v) is 7.93. The standard InChI is InChI=1S/C22H27N3O4S2/c1-13-5-12-30-20(13)17-16(18(26)21-14(2)23-15(3)31-21)19(27)22(28)25(17)7-4-6-24-8-10-29-11-9-24/h5,12,17,27H,4,6-11H2,1-3H3. The number of carbonyl (C=O) groups excluding carboxylic acids is 2. The summed E-state index contributed by atoms with van der Waals surface area (Å²) in [4.78, 5) is 36.3. The van der Waals surface area contributed by atoms with Gasteiger partial charge in [0, 0.05) is 31.1 Å². The van der Waals surface area contributed by atoms with Crippen molar-refractivity contribution in [1.82, 2.24) is 14.8 Å². The van der Waals surface area contributed by atoms with Crippen molar-refractivity contribution in [3.05, 3.63) is 48.8 Å². The molecule has 1 amide bonds. The number of aliphatic hydroxyl groups is 1. The Morgan fingerprint density at radius 3 is 2.61 bits per heavy atom. The lowest BCUT2D eigenvalue weighted by atomic mass is 9.98. The maximum Gasteiger partial charge on any atom is 0.290 e. The number of aliphatic hydroxyl groups excluding tert-OH is 1. The number of carbonyl (C=O) groups is 2. The number of nitrogens with zero attached hydrogens (tertiary/aromatic N) is 3. The third kappa shape index (κ3) is 4.32. The number of hydrogen-bond acceptors (Lipinski definition) is 8. The number of amides is 1. The number of rotatable bonds is 7. The van der Waals surface area contributed by atoms with Gasteiger partial charge in [-0.25, -0.2) is 4.98 Å². The molecule has 1 saturated heterocycles. The van der Waals surface area contributed by atoms with Crippen LogP contribution in [0.5, 0.6) is 0 Å². The molecule has 0 spiro atoms. The largest absolute Gasteiger partial charge is 0.503 e. The summed E-state index contributed by atoms with van der Waals surface area (Å²) in [6.07, 6.45) is 0.764. The smallest absolute Gasteiger partial charge is 0.290 e. The average molecular weight is 462 g/mol. The lowest BCUT2D eigenvalue weighted by Crippen LogP contribution is -2.39. The highest BCUT2D eigenvalue weighted by atomic mass is 32.1. The van der Waals surface area contributed by atoms with Gasteiger partial charge in [0.15, 0.2) is 5.76 Å². The maximum absolute atomic E-state index is 13.5. The molecule has 166 valence electrons. The number of thiophene rings is 1. The van der Waals surface area contributed by atoms with E-state index in [0.29, 0.717) is 17.1 Å². The molecule has 0 aromatic carbocycles. The van der Waals surface area contributed by atoms with E-state index in [0.717, 1.165) is 54.7 Å². The Kier molecular flexibility index (Phi) is 6.57. The van der Waals surface area contributed by atoms with E-state index in [1.165, 1.54) is 22.7 Å². The van der Waals surface area contributed by atoms with Crippen LogP contribution in [0.15, 0.2) is 22.8 Å². The molecule has 1 N–H and O–H groups in total. The molecule has 0 aliphatic carbocycles. The predicted molar refractivity (Wildman–Crippen MR) is 121 cm³/mol. The Balaban J connectivity index is 1.62. The first kappa shape index (κ1) is 22.1. The summed E-state index contributed by atoms with van der Waals surface area (Å²) in [5.41, 5.74) is 1.82. The number of thiazole rings is 1. The second-order valence-corrected chi connectivity index (χ2v) is 10.1. The molecule has 31 heavy (non-hydrogen) atoms. The Bertz CT molecular complexity index is 1020. The first-order valence-corrected chi connectivity index (χ1v) is 12.1. The van der Waals surface area contributed by atoms with Gasteiger partial charge in [-0.3, -0.25) is 14.5 Å². The molecular weight excluding hydrogens is 434 g/mol. The molecule has 0 radical (unpaired) electrons. The van der Waals surface area contributed by atoms with Crippen molar-refractivity contribution in [2.75, 3.05) is 39.4 Å². The SMILES string of the molecule is Cc1nc(C)c(C(=O)C2=C(O)C(=O)N(CCCN3CCOCC3)C2c2sccc2C)s1. The fourth-order valence-corrected chi connectivity index (χ4v) is 6.13. The molecule has 2 aliphatic heterocycles. The molecule has 7 nitrogen and oxygen atoms in total. The first-order chi connectivity index (χ1) is 14.9. The first-order valence-electron chi connectivity index (χ1n) is 10.5. The van der Waals surface area contributed by atoms with Gasteiger partial charge in [0.25, 0.3) is 5.91 Å². The van der Waals surface area contributed by atoms with Gasteiger partial charge in [0.2, 0.25) is 5.78 Å². The number of aryl methyl sites for hydroxylation is 3. The fraction of sp³-hybridized carbons (Fsp3) is 0.500. The predicted octanol–water partition coefficient (Wildman–Crippen LogP) is 3.43. The molecular formula is C22H27N3O4S2. The lowest BCUT2D eigenvalue weighted by molar-refractivity contribution is -0.129. The monoisotopic (exact) mass is 461 g/mol. The zero-order valence-corrected chi connectivity index (χ0v) is 19.6. The lowest BCUT2D eigenvalue weighted by Gasteiger charge is -2.29. The zero-order valence-electron chi connectivity index (χ0n) is 18.0. The minimum atomic E-state index is -0.563. The van der Waals surface area contributed by atoms with E-state index in [4.69, 9.17) is 4.74 Å². The van der Waals surface area contributed by atoms with Crippen LogP contribution in [-0.4, -0.2) is 71.0 Å². The number of Topliss-reactive ketones (excluding diaryl/α,β-unsaturated/α-hetero) is 1. The second kappa shape index (κ2) is 9.20. The highest BCUT2D eigenvalue weighted by Gasteiger charge is 2.45. The summed E-state index contributed by atoms with van der Waals surface area (Å²) in [7, 11) is 0. The molecule has 9 heteroatoms. The highest BCUT2D eigenvalue weighted by Crippen LogP contribution is 2.43. The van der Waals surface area contributed by atoms with Crippen molar-refractivity contribution in [3.63, 3.8) is 0 Å². The summed E-state index contributed by atoms with van der Waals surface area (Å²) >= 11 is 2.81. The molecule has 4 rings (SSSR count). The summed E-state index contributed by atoms with van der Waals surface area (Å²) in [5, 5.41) is 13.5. The number of hydrogen-bond donors (Lipinski definition) is 1. The van der Waals surface area contributed by atoms with Gasteiger partial charge in [-0.2, -0.15) is 0 Å². The van der Waals surface area contributed by atoms with Crippen LogP contribution in [-0.2, 0) is 9.53 Å². The van der Waals surface area contributed by atoms with E-state index < -0.39 is 17.7 Å². The van der Waals surface area contributed by atoms with Crippen molar-refractivity contribution in [2.24, 2.45) is 0 Å². The van der Waals surface area contributed by atoms with Gasteiger partial charge in [0.1, 0.15) is 0 Å². The fourth-order valence-electron chi connectivity index (χ4n) is 4.21. The highest BCUT2D eigenvalue weighted by molar-refractivity contribution is 7.14. The van der Waals surface area contributed by atoms with Crippen molar-refractivity contribution < 1.29 is 19.4 Å². The number of aromatic nitrogens is 1. The van der Waals surface area contributed by atoms with Crippen molar-refractivity contribution in [3.8, 4) is 0 Å². The van der Waals surface area contributed by atoms with Crippen LogP contribution >= 0.6 is 22.7 Å². The van der Waals surface area contributed by atoms with Crippen molar-refractivity contribution in [2.45, 2.75) is 33.2 Å². The zero-order chi connectivity index (χ0) is 22.1. The molecule has 1 fully saturated rings. The Morgan fingerprint density at radius 1 is 1.26 bits per heavy atom. The number of ketones is 1. The van der Waals surface area contributed by atoms with E-state index in [1.807, 2.05) is 25.3 Å². The van der Waals surface area contributed by atoms with E-state index in [-0.39, 0.29) is 11.4 Å².